The average Bonchev–Trinajstić information content (AvgIpc) is 2.77. The maximum absolute atomic E-state index is 12.2. The number of amides is 1. The number of hydrogen-bond donors (Lipinski definition) is 1. The second-order valence-electron chi connectivity index (χ2n) is 6.57. The molecule has 0 saturated carbocycles. The van der Waals surface area contributed by atoms with Crippen LogP contribution in [0, 0.1) is 0 Å². The van der Waals surface area contributed by atoms with E-state index in [1.165, 1.54) is 0 Å². The lowest BCUT2D eigenvalue weighted by Gasteiger charge is -2.14. The molecule has 0 radical (unpaired) electrons. The number of rotatable bonds is 8. The van der Waals surface area contributed by atoms with Crippen LogP contribution in [0.3, 0.4) is 0 Å². The normalized spacial score (nSPS) is 11.3. The third-order valence-corrected chi connectivity index (χ3v) is 4.35. The van der Waals surface area contributed by atoms with E-state index in [9.17, 15) is 9.59 Å². The van der Waals surface area contributed by atoms with E-state index in [-0.39, 0.29) is 18.6 Å². The molecule has 0 spiro atoms. The van der Waals surface area contributed by atoms with Crippen molar-refractivity contribution in [1.82, 2.24) is 5.32 Å². The highest BCUT2D eigenvalue weighted by atomic mass is 16.5. The van der Waals surface area contributed by atoms with E-state index < -0.39 is 5.97 Å². The maximum Gasteiger partial charge on any atom is 0.338 e. The predicted molar refractivity (Wildman–Crippen MR) is 110 cm³/mol. The average molecular weight is 389 g/mol. The summed E-state index contributed by atoms with van der Waals surface area (Å²) in [5.41, 5.74) is 2.30. The van der Waals surface area contributed by atoms with Gasteiger partial charge in [-0.3, -0.25) is 4.79 Å². The Balaban J connectivity index is 1.44. The Kier molecular flexibility index (Phi) is 7.00. The number of nitrogens with one attached hydrogen (secondary N) is 1. The van der Waals surface area contributed by atoms with E-state index in [2.05, 4.69) is 5.32 Å². The largest absolute Gasteiger partial charge is 0.489 e. The molecule has 0 aliphatic carbocycles. The number of carbonyl (C=O) groups excluding carboxylic acids is 2. The van der Waals surface area contributed by atoms with Crippen molar-refractivity contribution < 1.29 is 19.1 Å². The highest BCUT2D eigenvalue weighted by molar-refractivity contribution is 5.91. The molecule has 0 aliphatic heterocycles. The number of carbonyl (C=O) groups is 2. The molecule has 5 nitrogen and oxygen atoms in total. The van der Waals surface area contributed by atoms with E-state index in [0.717, 1.165) is 16.9 Å². The minimum Gasteiger partial charge on any atom is -0.489 e. The zero-order valence-electron chi connectivity index (χ0n) is 16.2. The Labute approximate surface area is 170 Å². The topological polar surface area (TPSA) is 64.6 Å². The zero-order valence-corrected chi connectivity index (χ0v) is 16.2. The van der Waals surface area contributed by atoms with E-state index in [1.54, 1.807) is 24.3 Å². The van der Waals surface area contributed by atoms with Crippen LogP contribution in [0.2, 0.25) is 0 Å². The first kappa shape index (κ1) is 20.1. The summed E-state index contributed by atoms with van der Waals surface area (Å²) in [6, 6.07) is 25.9. The summed E-state index contributed by atoms with van der Waals surface area (Å²) in [7, 11) is 0. The van der Waals surface area contributed by atoms with E-state index in [1.807, 2.05) is 67.6 Å². The highest BCUT2D eigenvalue weighted by Gasteiger charge is 2.13. The summed E-state index contributed by atoms with van der Waals surface area (Å²) >= 11 is 0. The van der Waals surface area contributed by atoms with Gasteiger partial charge in [-0.1, -0.05) is 60.7 Å². The van der Waals surface area contributed by atoms with Gasteiger partial charge in [0.05, 0.1) is 11.6 Å². The summed E-state index contributed by atoms with van der Waals surface area (Å²) in [5.74, 6) is -0.0997. The van der Waals surface area contributed by atoms with Crippen LogP contribution in [-0.4, -0.2) is 18.5 Å². The zero-order chi connectivity index (χ0) is 20.5. The summed E-state index contributed by atoms with van der Waals surface area (Å²) < 4.78 is 10.8. The quantitative estimate of drug-likeness (QED) is 0.584. The summed E-state index contributed by atoms with van der Waals surface area (Å²) in [6.45, 7) is 1.96. The van der Waals surface area contributed by atoms with Gasteiger partial charge in [-0.2, -0.15) is 0 Å². The van der Waals surface area contributed by atoms with Gasteiger partial charge in [0.15, 0.2) is 6.61 Å². The fourth-order valence-electron chi connectivity index (χ4n) is 2.74. The van der Waals surface area contributed by atoms with E-state index in [4.69, 9.17) is 9.47 Å². The molecule has 1 amide bonds. The van der Waals surface area contributed by atoms with Gasteiger partial charge in [0, 0.05) is 0 Å². The van der Waals surface area contributed by atoms with Crippen LogP contribution in [0.4, 0.5) is 0 Å². The van der Waals surface area contributed by atoms with Crippen molar-refractivity contribution in [3.63, 3.8) is 0 Å². The van der Waals surface area contributed by atoms with Crippen LogP contribution in [0.5, 0.6) is 5.75 Å². The lowest BCUT2D eigenvalue weighted by Crippen LogP contribution is -2.31. The number of hydrogen-bond acceptors (Lipinski definition) is 4. The summed E-state index contributed by atoms with van der Waals surface area (Å²) in [5, 5.41) is 2.81. The first-order valence-corrected chi connectivity index (χ1v) is 9.40. The number of esters is 1. The molecular weight excluding hydrogens is 366 g/mol. The van der Waals surface area contributed by atoms with Crippen LogP contribution >= 0.6 is 0 Å². The molecular formula is C24H23NO4. The third kappa shape index (κ3) is 6.21. The molecule has 1 N–H and O–H groups in total. The SMILES string of the molecule is C[C@H](NC(=O)COC(=O)c1ccc(COc2ccccc2)cc1)c1ccccc1. The van der Waals surface area contributed by atoms with Gasteiger partial charge in [0.25, 0.3) is 5.91 Å². The van der Waals surface area contributed by atoms with Gasteiger partial charge < -0.3 is 14.8 Å². The monoisotopic (exact) mass is 389 g/mol. The molecule has 5 heteroatoms. The van der Waals surface area contributed by atoms with Crippen molar-refractivity contribution in [1.29, 1.82) is 0 Å². The number of ether oxygens (including phenoxy) is 2. The van der Waals surface area contributed by atoms with Crippen molar-refractivity contribution in [2.75, 3.05) is 6.61 Å². The lowest BCUT2D eigenvalue weighted by atomic mass is 10.1. The van der Waals surface area contributed by atoms with Gasteiger partial charge in [0.2, 0.25) is 0 Å². The smallest absolute Gasteiger partial charge is 0.338 e. The van der Waals surface area contributed by atoms with Crippen molar-refractivity contribution in [3.05, 3.63) is 102 Å². The minimum absolute atomic E-state index is 0.161. The number of benzene rings is 3. The van der Waals surface area contributed by atoms with Crippen LogP contribution in [-0.2, 0) is 16.1 Å². The predicted octanol–water partition coefficient (Wildman–Crippen LogP) is 4.30. The first-order chi connectivity index (χ1) is 14.1. The van der Waals surface area contributed by atoms with Crippen molar-refractivity contribution in [3.8, 4) is 5.75 Å². The Bertz CT molecular complexity index is 924. The molecule has 29 heavy (non-hydrogen) atoms. The van der Waals surface area contributed by atoms with Gasteiger partial charge in [0.1, 0.15) is 12.4 Å². The fourth-order valence-corrected chi connectivity index (χ4v) is 2.74. The Morgan fingerprint density at radius 3 is 2.14 bits per heavy atom. The Hall–Kier alpha value is -3.60. The van der Waals surface area contributed by atoms with Crippen molar-refractivity contribution in [2.24, 2.45) is 0 Å². The van der Waals surface area contributed by atoms with Gasteiger partial charge >= 0.3 is 5.97 Å². The van der Waals surface area contributed by atoms with E-state index >= 15 is 0 Å². The van der Waals surface area contributed by atoms with Gasteiger partial charge in [-0.05, 0) is 42.3 Å². The fraction of sp³-hybridized carbons (Fsp3) is 0.167. The van der Waals surface area contributed by atoms with Gasteiger partial charge in [-0.25, -0.2) is 4.79 Å². The molecule has 3 aromatic rings. The maximum atomic E-state index is 12.2. The molecule has 148 valence electrons. The second kappa shape index (κ2) is 10.1. The molecule has 0 heterocycles. The molecule has 0 unspecified atom stereocenters. The number of para-hydroxylation sites is 1. The van der Waals surface area contributed by atoms with Crippen LogP contribution in [0.15, 0.2) is 84.9 Å². The second-order valence-corrected chi connectivity index (χ2v) is 6.57. The lowest BCUT2D eigenvalue weighted by molar-refractivity contribution is -0.124. The van der Waals surface area contributed by atoms with E-state index in [0.29, 0.717) is 12.2 Å². The Morgan fingerprint density at radius 2 is 1.48 bits per heavy atom. The molecule has 1 atom stereocenters. The molecule has 0 aromatic heterocycles. The molecule has 0 aliphatic rings. The standard InChI is InChI=1S/C24H23NO4/c1-18(20-8-4-2-5-9-20)25-23(26)17-29-24(27)21-14-12-19(13-15-21)16-28-22-10-6-3-7-11-22/h2-15,18H,16-17H2,1H3,(H,25,26)/t18-/m0/s1. The van der Waals surface area contributed by atoms with Crippen molar-refractivity contribution in [2.45, 2.75) is 19.6 Å². The molecule has 0 saturated heterocycles. The molecule has 3 rings (SSSR count). The third-order valence-electron chi connectivity index (χ3n) is 4.35. The van der Waals surface area contributed by atoms with Crippen LogP contribution in [0.1, 0.15) is 34.5 Å². The Morgan fingerprint density at radius 1 is 0.862 bits per heavy atom. The summed E-state index contributed by atoms with van der Waals surface area (Å²) in [4.78, 5) is 24.2. The molecule has 0 fully saturated rings. The molecule has 0 bridgehead atoms. The van der Waals surface area contributed by atoms with Gasteiger partial charge in [-0.15, -0.1) is 0 Å². The first-order valence-electron chi connectivity index (χ1n) is 9.40. The van der Waals surface area contributed by atoms with Crippen molar-refractivity contribution >= 4 is 11.9 Å². The molecule has 3 aromatic carbocycles. The van der Waals surface area contributed by atoms with Crippen LogP contribution in [0.25, 0.3) is 0 Å². The minimum atomic E-state index is -0.539. The highest BCUT2D eigenvalue weighted by Crippen LogP contribution is 2.13. The van der Waals surface area contributed by atoms with Crippen LogP contribution < -0.4 is 10.1 Å². The summed E-state index contributed by atoms with van der Waals surface area (Å²) in [6.07, 6.45) is 0.